The van der Waals surface area contributed by atoms with E-state index in [0.717, 1.165) is 31.5 Å². The molecule has 178 valence electrons. The Bertz CT molecular complexity index is 801. The number of hydrogen-bond acceptors (Lipinski definition) is 5. The number of piperidine rings is 1. The molecule has 0 saturated carbocycles. The highest BCUT2D eigenvalue weighted by Crippen LogP contribution is 2.44. The summed E-state index contributed by atoms with van der Waals surface area (Å²) < 4.78 is 16.6. The van der Waals surface area contributed by atoms with Gasteiger partial charge in [0.25, 0.3) is 0 Å². The molecule has 2 fully saturated rings. The molecule has 2 saturated heterocycles. The van der Waals surface area contributed by atoms with Crippen LogP contribution >= 0.6 is 0 Å². The first-order valence-electron chi connectivity index (χ1n) is 11.5. The molecule has 0 aromatic heterocycles. The number of likely N-dealkylation sites (tertiary alicyclic amines) is 2. The lowest BCUT2D eigenvalue weighted by Crippen LogP contribution is -2.42. The highest BCUT2D eigenvalue weighted by atomic mass is 16.5. The standard InChI is InChI=1S/C25H38N2O5/c1-25(2,3)14-22(28)27-15-18(19(16-27)24(29)26-10-8-7-9-11-26)17-12-20(30-4)23(32-6)21(13-17)31-5/h12-13,18-19H,7-11,14-16H2,1-6H3/t18-,19+/m0/s1. The maximum absolute atomic E-state index is 13.6. The van der Waals surface area contributed by atoms with Crippen LogP contribution in [0, 0.1) is 11.3 Å². The summed E-state index contributed by atoms with van der Waals surface area (Å²) in [7, 11) is 4.75. The summed E-state index contributed by atoms with van der Waals surface area (Å²) >= 11 is 0. The number of ether oxygens (including phenoxy) is 3. The van der Waals surface area contributed by atoms with Crippen LogP contribution in [0.4, 0.5) is 0 Å². The highest BCUT2D eigenvalue weighted by Gasteiger charge is 2.43. The fraction of sp³-hybridized carbons (Fsp3) is 0.680. The molecule has 7 heteroatoms. The summed E-state index contributed by atoms with van der Waals surface area (Å²) in [6.45, 7) is 8.75. The van der Waals surface area contributed by atoms with Crippen LogP contribution in [0.15, 0.2) is 12.1 Å². The van der Waals surface area contributed by atoms with E-state index in [2.05, 4.69) is 20.8 Å². The smallest absolute Gasteiger partial charge is 0.228 e. The van der Waals surface area contributed by atoms with Crippen LogP contribution in [0.2, 0.25) is 0 Å². The van der Waals surface area contributed by atoms with Crippen LogP contribution in [-0.4, -0.2) is 69.1 Å². The molecule has 0 unspecified atom stereocenters. The average Bonchev–Trinajstić information content (AvgIpc) is 3.22. The lowest BCUT2D eigenvalue weighted by Gasteiger charge is -2.31. The number of carbonyl (C=O) groups excluding carboxylic acids is 2. The molecule has 0 spiro atoms. The van der Waals surface area contributed by atoms with Crippen molar-refractivity contribution >= 4 is 11.8 Å². The minimum atomic E-state index is -0.278. The van der Waals surface area contributed by atoms with Gasteiger partial charge in [-0.25, -0.2) is 0 Å². The third kappa shape index (κ3) is 5.30. The second-order valence-electron chi connectivity index (χ2n) is 10.1. The summed E-state index contributed by atoms with van der Waals surface area (Å²) in [5.41, 5.74) is 0.828. The molecule has 7 nitrogen and oxygen atoms in total. The van der Waals surface area contributed by atoms with Gasteiger partial charge in [0.2, 0.25) is 17.6 Å². The number of hydrogen-bond donors (Lipinski definition) is 0. The van der Waals surface area contributed by atoms with Crippen molar-refractivity contribution in [1.29, 1.82) is 0 Å². The molecule has 3 rings (SSSR count). The number of rotatable bonds is 6. The average molecular weight is 447 g/mol. The quantitative estimate of drug-likeness (QED) is 0.667. The minimum Gasteiger partial charge on any atom is -0.493 e. The monoisotopic (exact) mass is 446 g/mol. The van der Waals surface area contributed by atoms with Crippen LogP contribution < -0.4 is 14.2 Å². The number of benzene rings is 1. The lowest BCUT2D eigenvalue weighted by atomic mass is 9.87. The first-order valence-corrected chi connectivity index (χ1v) is 11.5. The maximum Gasteiger partial charge on any atom is 0.228 e. The van der Waals surface area contributed by atoms with Crippen LogP contribution in [0.5, 0.6) is 17.2 Å². The molecule has 0 N–H and O–H groups in total. The van der Waals surface area contributed by atoms with Crippen molar-refractivity contribution in [2.24, 2.45) is 11.3 Å². The van der Waals surface area contributed by atoms with Crippen molar-refractivity contribution < 1.29 is 23.8 Å². The third-order valence-electron chi connectivity index (χ3n) is 6.45. The Morgan fingerprint density at radius 1 is 0.906 bits per heavy atom. The molecule has 1 aromatic carbocycles. The summed E-state index contributed by atoms with van der Waals surface area (Å²) in [6, 6.07) is 3.83. The Kier molecular flexibility index (Phi) is 7.57. The SMILES string of the molecule is COc1cc([C@@H]2CN(C(=O)CC(C)(C)C)C[C@H]2C(=O)N2CCCCC2)cc(OC)c1OC. The fourth-order valence-electron chi connectivity index (χ4n) is 4.83. The van der Waals surface area contributed by atoms with Gasteiger partial charge in [-0.2, -0.15) is 0 Å². The summed E-state index contributed by atoms with van der Waals surface area (Å²) in [4.78, 5) is 30.5. The van der Waals surface area contributed by atoms with Gasteiger partial charge in [-0.05, 0) is 42.4 Å². The Balaban J connectivity index is 1.95. The van der Waals surface area contributed by atoms with Crippen LogP contribution in [-0.2, 0) is 9.59 Å². The molecule has 2 heterocycles. The molecule has 2 aliphatic heterocycles. The maximum atomic E-state index is 13.6. The van der Waals surface area contributed by atoms with Gasteiger partial charge in [-0.15, -0.1) is 0 Å². The van der Waals surface area contributed by atoms with E-state index in [9.17, 15) is 9.59 Å². The zero-order valence-electron chi connectivity index (χ0n) is 20.4. The molecule has 2 aliphatic rings. The fourth-order valence-corrected chi connectivity index (χ4v) is 4.83. The predicted molar refractivity (Wildman–Crippen MR) is 123 cm³/mol. The summed E-state index contributed by atoms with van der Waals surface area (Å²) in [5.74, 6) is 1.49. The predicted octanol–water partition coefficient (Wildman–Crippen LogP) is 3.70. The number of methoxy groups -OCH3 is 3. The van der Waals surface area contributed by atoms with Gasteiger partial charge in [-0.3, -0.25) is 9.59 Å². The van der Waals surface area contributed by atoms with Crippen molar-refractivity contribution in [3.63, 3.8) is 0 Å². The van der Waals surface area contributed by atoms with E-state index in [0.29, 0.717) is 36.8 Å². The van der Waals surface area contributed by atoms with E-state index >= 15 is 0 Å². The largest absolute Gasteiger partial charge is 0.493 e. The molecular weight excluding hydrogens is 408 g/mol. The minimum absolute atomic E-state index is 0.101. The van der Waals surface area contributed by atoms with E-state index in [-0.39, 0.29) is 29.1 Å². The van der Waals surface area contributed by atoms with Gasteiger partial charge < -0.3 is 24.0 Å². The number of amides is 2. The van der Waals surface area contributed by atoms with Gasteiger partial charge in [0.05, 0.1) is 27.2 Å². The molecule has 32 heavy (non-hydrogen) atoms. The molecule has 0 radical (unpaired) electrons. The first-order chi connectivity index (χ1) is 15.2. The van der Waals surface area contributed by atoms with Gasteiger partial charge >= 0.3 is 0 Å². The molecule has 2 atom stereocenters. The van der Waals surface area contributed by atoms with Crippen molar-refractivity contribution in [3.05, 3.63) is 17.7 Å². The Morgan fingerprint density at radius 3 is 2.00 bits per heavy atom. The number of nitrogens with zero attached hydrogens (tertiary/aromatic N) is 2. The van der Waals surface area contributed by atoms with Gasteiger partial charge in [-0.1, -0.05) is 20.8 Å². The Morgan fingerprint density at radius 2 is 1.50 bits per heavy atom. The van der Waals surface area contributed by atoms with Crippen molar-refractivity contribution in [2.75, 3.05) is 47.5 Å². The first kappa shape index (κ1) is 24.2. The van der Waals surface area contributed by atoms with Crippen molar-refractivity contribution in [3.8, 4) is 17.2 Å². The Hall–Kier alpha value is -2.44. The van der Waals surface area contributed by atoms with Crippen molar-refractivity contribution in [2.45, 2.75) is 52.4 Å². The molecular formula is C25H38N2O5. The normalized spacial score (nSPS) is 21.4. The second-order valence-corrected chi connectivity index (χ2v) is 10.1. The Labute approximate surface area is 192 Å². The zero-order valence-corrected chi connectivity index (χ0v) is 20.4. The molecule has 0 bridgehead atoms. The zero-order chi connectivity index (χ0) is 23.5. The van der Waals surface area contributed by atoms with Crippen LogP contribution in [0.25, 0.3) is 0 Å². The molecule has 0 aliphatic carbocycles. The van der Waals surface area contributed by atoms with E-state index in [1.165, 1.54) is 6.42 Å². The van der Waals surface area contributed by atoms with Gasteiger partial charge in [0.15, 0.2) is 11.5 Å². The lowest BCUT2D eigenvalue weighted by molar-refractivity contribution is -0.137. The number of carbonyl (C=O) groups is 2. The topological polar surface area (TPSA) is 68.3 Å². The summed E-state index contributed by atoms with van der Waals surface area (Å²) in [5, 5.41) is 0. The van der Waals surface area contributed by atoms with Crippen LogP contribution in [0.3, 0.4) is 0 Å². The highest BCUT2D eigenvalue weighted by molar-refractivity contribution is 5.84. The van der Waals surface area contributed by atoms with E-state index < -0.39 is 0 Å². The van der Waals surface area contributed by atoms with Gasteiger partial charge in [0, 0.05) is 38.5 Å². The van der Waals surface area contributed by atoms with E-state index in [1.54, 1.807) is 21.3 Å². The van der Waals surface area contributed by atoms with Gasteiger partial charge in [0.1, 0.15) is 0 Å². The molecule has 2 amide bonds. The molecule has 1 aromatic rings. The second kappa shape index (κ2) is 10.0. The third-order valence-corrected chi connectivity index (χ3v) is 6.45. The summed E-state index contributed by atoms with van der Waals surface area (Å²) in [6.07, 6.45) is 3.71. The van der Waals surface area contributed by atoms with E-state index in [4.69, 9.17) is 14.2 Å². The van der Waals surface area contributed by atoms with E-state index in [1.807, 2.05) is 21.9 Å². The van der Waals surface area contributed by atoms with Crippen LogP contribution in [0.1, 0.15) is 57.9 Å². The van der Waals surface area contributed by atoms with Crippen molar-refractivity contribution in [1.82, 2.24) is 9.80 Å².